The SMILES string of the molecule is CN(C)C(=O)c1ccc(B2OC(C)(C)C(C)(C)O2)c(F)c1. The molecule has 1 saturated heterocycles. The van der Waals surface area contributed by atoms with Gasteiger partial charge in [-0.3, -0.25) is 4.79 Å². The van der Waals surface area contributed by atoms with Crippen LogP contribution in [-0.2, 0) is 9.31 Å². The maximum Gasteiger partial charge on any atom is 0.497 e. The van der Waals surface area contributed by atoms with Gasteiger partial charge in [-0.2, -0.15) is 0 Å². The van der Waals surface area contributed by atoms with Gasteiger partial charge in [-0.25, -0.2) is 4.39 Å². The Balaban J connectivity index is 2.30. The lowest BCUT2D eigenvalue weighted by Gasteiger charge is -2.32. The highest BCUT2D eigenvalue weighted by molar-refractivity contribution is 6.62. The van der Waals surface area contributed by atoms with Crippen LogP contribution in [0.15, 0.2) is 18.2 Å². The van der Waals surface area contributed by atoms with Gasteiger partial charge in [0.05, 0.1) is 11.2 Å². The summed E-state index contributed by atoms with van der Waals surface area (Å²) in [7, 11) is 2.49. The molecular weight excluding hydrogens is 272 g/mol. The Labute approximate surface area is 125 Å². The number of carbonyl (C=O) groups is 1. The Hall–Kier alpha value is -1.40. The molecule has 1 aromatic rings. The topological polar surface area (TPSA) is 38.8 Å². The number of halogens is 1. The molecule has 1 aliphatic heterocycles. The summed E-state index contributed by atoms with van der Waals surface area (Å²) in [5, 5.41) is 0. The zero-order valence-electron chi connectivity index (χ0n) is 13.4. The van der Waals surface area contributed by atoms with Crippen molar-refractivity contribution in [2.24, 2.45) is 0 Å². The molecule has 0 aromatic heterocycles. The zero-order chi connectivity index (χ0) is 16.0. The standard InChI is InChI=1S/C15H21BFNO3/c1-14(2)15(3,4)21-16(20-14)11-8-7-10(9-12(11)17)13(19)18(5)6/h7-9H,1-6H3. The Morgan fingerprint density at radius 1 is 1.14 bits per heavy atom. The first-order valence-electron chi connectivity index (χ1n) is 6.92. The Morgan fingerprint density at radius 2 is 1.67 bits per heavy atom. The Morgan fingerprint density at radius 3 is 2.10 bits per heavy atom. The molecule has 1 aromatic carbocycles. The lowest BCUT2D eigenvalue weighted by molar-refractivity contribution is 0.00578. The predicted octanol–water partition coefficient (Wildman–Crippen LogP) is 1.83. The first-order valence-corrected chi connectivity index (χ1v) is 6.92. The average Bonchev–Trinajstić information content (AvgIpc) is 2.56. The van der Waals surface area contributed by atoms with E-state index in [2.05, 4.69) is 0 Å². The quantitative estimate of drug-likeness (QED) is 0.781. The van der Waals surface area contributed by atoms with Gasteiger partial charge in [0.25, 0.3) is 5.91 Å². The van der Waals surface area contributed by atoms with Gasteiger partial charge < -0.3 is 14.2 Å². The number of carbonyl (C=O) groups excluding carboxylic acids is 1. The zero-order valence-corrected chi connectivity index (χ0v) is 13.4. The number of hydrogen-bond donors (Lipinski definition) is 0. The van der Waals surface area contributed by atoms with Crippen LogP contribution < -0.4 is 5.46 Å². The number of hydrogen-bond acceptors (Lipinski definition) is 3. The lowest BCUT2D eigenvalue weighted by Crippen LogP contribution is -2.41. The summed E-state index contributed by atoms with van der Waals surface area (Å²) in [6.07, 6.45) is 0. The first kappa shape index (κ1) is 16.0. The van der Waals surface area contributed by atoms with Crippen LogP contribution in [-0.4, -0.2) is 43.2 Å². The van der Waals surface area contributed by atoms with E-state index < -0.39 is 24.1 Å². The minimum absolute atomic E-state index is 0.241. The molecule has 0 saturated carbocycles. The van der Waals surface area contributed by atoms with Crippen LogP contribution in [0.3, 0.4) is 0 Å². The van der Waals surface area contributed by atoms with E-state index in [1.165, 1.54) is 11.0 Å². The summed E-state index contributed by atoms with van der Waals surface area (Å²) in [4.78, 5) is 13.2. The third-order valence-corrected chi connectivity index (χ3v) is 4.16. The maximum atomic E-state index is 14.3. The first-order chi connectivity index (χ1) is 9.55. The van der Waals surface area contributed by atoms with Crippen LogP contribution in [0.1, 0.15) is 38.1 Å². The average molecular weight is 293 g/mol. The summed E-state index contributed by atoms with van der Waals surface area (Å²) in [5.74, 6) is -0.740. The van der Waals surface area contributed by atoms with Gasteiger partial charge in [-0.1, -0.05) is 6.07 Å². The minimum atomic E-state index is -0.765. The Bertz CT molecular complexity index is 556. The summed E-state index contributed by atoms with van der Waals surface area (Å²) in [6.45, 7) is 7.65. The fraction of sp³-hybridized carbons (Fsp3) is 0.533. The number of nitrogens with zero attached hydrogens (tertiary/aromatic N) is 1. The molecule has 0 atom stereocenters. The minimum Gasteiger partial charge on any atom is -0.399 e. The largest absolute Gasteiger partial charge is 0.497 e. The number of benzene rings is 1. The van der Waals surface area contributed by atoms with Gasteiger partial charge in [0.15, 0.2) is 0 Å². The molecule has 0 radical (unpaired) electrons. The fourth-order valence-corrected chi connectivity index (χ4v) is 2.08. The van der Waals surface area contributed by atoms with Crippen LogP contribution in [0.2, 0.25) is 0 Å². The van der Waals surface area contributed by atoms with E-state index in [1.54, 1.807) is 26.2 Å². The molecule has 1 amide bonds. The molecule has 1 aliphatic rings. The van der Waals surface area contributed by atoms with Crippen LogP contribution in [0, 0.1) is 5.82 Å². The third-order valence-electron chi connectivity index (χ3n) is 4.16. The van der Waals surface area contributed by atoms with E-state index in [1.807, 2.05) is 27.7 Å². The second-order valence-electron chi connectivity index (χ2n) is 6.52. The van der Waals surface area contributed by atoms with Crippen LogP contribution in [0.25, 0.3) is 0 Å². The fourth-order valence-electron chi connectivity index (χ4n) is 2.08. The molecule has 0 aliphatic carbocycles. The monoisotopic (exact) mass is 293 g/mol. The van der Waals surface area contributed by atoms with Crippen molar-refractivity contribution >= 4 is 18.5 Å². The van der Waals surface area contributed by atoms with Crippen LogP contribution in [0.5, 0.6) is 0 Å². The third kappa shape index (κ3) is 2.83. The van der Waals surface area contributed by atoms with Gasteiger partial charge in [0.1, 0.15) is 5.82 Å². The molecule has 0 unspecified atom stereocenters. The van der Waals surface area contributed by atoms with E-state index >= 15 is 0 Å². The highest BCUT2D eigenvalue weighted by Gasteiger charge is 2.52. The smallest absolute Gasteiger partial charge is 0.399 e. The van der Waals surface area contributed by atoms with E-state index in [9.17, 15) is 9.18 Å². The van der Waals surface area contributed by atoms with Crippen molar-refractivity contribution in [3.05, 3.63) is 29.6 Å². The highest BCUT2D eigenvalue weighted by atomic mass is 19.1. The molecule has 4 nitrogen and oxygen atoms in total. The Kier molecular flexibility index (Phi) is 3.89. The normalized spacial score (nSPS) is 19.7. The van der Waals surface area contributed by atoms with Crippen molar-refractivity contribution in [1.82, 2.24) is 4.90 Å². The summed E-state index contributed by atoms with van der Waals surface area (Å²) in [6, 6.07) is 4.36. The van der Waals surface area contributed by atoms with Crippen molar-refractivity contribution < 1.29 is 18.5 Å². The van der Waals surface area contributed by atoms with Gasteiger partial charge in [0, 0.05) is 25.1 Å². The van der Waals surface area contributed by atoms with Gasteiger partial charge in [0.2, 0.25) is 0 Å². The van der Waals surface area contributed by atoms with Crippen LogP contribution in [0.4, 0.5) is 4.39 Å². The molecule has 21 heavy (non-hydrogen) atoms. The van der Waals surface area contributed by atoms with E-state index in [4.69, 9.17) is 9.31 Å². The molecule has 114 valence electrons. The van der Waals surface area contributed by atoms with Crippen molar-refractivity contribution in [3.8, 4) is 0 Å². The number of amides is 1. The predicted molar refractivity (Wildman–Crippen MR) is 80.1 cm³/mol. The van der Waals surface area contributed by atoms with E-state index in [0.717, 1.165) is 0 Å². The van der Waals surface area contributed by atoms with Crippen molar-refractivity contribution in [2.75, 3.05) is 14.1 Å². The van der Waals surface area contributed by atoms with Gasteiger partial charge in [-0.15, -0.1) is 0 Å². The molecule has 0 bridgehead atoms. The van der Waals surface area contributed by atoms with Crippen molar-refractivity contribution in [2.45, 2.75) is 38.9 Å². The van der Waals surface area contributed by atoms with E-state index in [0.29, 0.717) is 11.0 Å². The molecule has 6 heteroatoms. The molecular formula is C15H21BFNO3. The van der Waals surface area contributed by atoms with Crippen molar-refractivity contribution in [1.29, 1.82) is 0 Å². The van der Waals surface area contributed by atoms with Gasteiger partial charge in [-0.05, 0) is 39.8 Å². The molecule has 0 N–H and O–H groups in total. The molecule has 1 fully saturated rings. The van der Waals surface area contributed by atoms with Crippen LogP contribution >= 0.6 is 0 Å². The molecule has 1 heterocycles. The maximum absolute atomic E-state index is 14.3. The van der Waals surface area contributed by atoms with Gasteiger partial charge >= 0.3 is 7.12 Å². The molecule has 0 spiro atoms. The van der Waals surface area contributed by atoms with E-state index in [-0.39, 0.29) is 5.91 Å². The second-order valence-corrected chi connectivity index (χ2v) is 6.52. The van der Waals surface area contributed by atoms with Crippen molar-refractivity contribution in [3.63, 3.8) is 0 Å². The molecule has 2 rings (SSSR count). The summed E-state index contributed by atoms with van der Waals surface area (Å²) in [5.41, 5.74) is -0.438. The number of rotatable bonds is 2. The summed E-state index contributed by atoms with van der Waals surface area (Å²) >= 11 is 0. The lowest BCUT2D eigenvalue weighted by atomic mass is 9.78. The highest BCUT2D eigenvalue weighted by Crippen LogP contribution is 2.36. The summed E-state index contributed by atoms with van der Waals surface area (Å²) < 4.78 is 25.9. The second kappa shape index (κ2) is 5.11.